The number of rotatable bonds is 4. The fraction of sp³-hybridized carbons (Fsp3) is 0.462. The number of halogens is 1. The third kappa shape index (κ3) is 2.44. The van der Waals surface area contributed by atoms with Gasteiger partial charge in [0.2, 0.25) is 0 Å². The monoisotopic (exact) mass is 269 g/mol. The molecular weight excluding hydrogens is 254 g/mol. The highest BCUT2D eigenvalue weighted by Gasteiger charge is 2.47. The third-order valence-electron chi connectivity index (χ3n) is 3.33. The first-order chi connectivity index (χ1) is 8.56. The molecule has 0 heterocycles. The van der Waals surface area contributed by atoms with Crippen molar-refractivity contribution < 1.29 is 15.0 Å². The molecule has 1 aromatic rings. The molecule has 2 rings (SSSR count). The fourth-order valence-electron chi connectivity index (χ4n) is 2.29. The second-order valence-electron chi connectivity index (χ2n) is 4.51. The molecule has 1 fully saturated rings. The van der Waals surface area contributed by atoms with Crippen molar-refractivity contribution in [3.05, 3.63) is 34.9 Å². The summed E-state index contributed by atoms with van der Waals surface area (Å²) in [6.07, 6.45) is -0.922. The van der Waals surface area contributed by atoms with Crippen LogP contribution in [0.3, 0.4) is 0 Å². The zero-order valence-corrected chi connectivity index (χ0v) is 10.8. The highest BCUT2D eigenvalue weighted by Crippen LogP contribution is 2.47. The predicted octanol–water partition coefficient (Wildman–Crippen LogP) is 2.90. The maximum atomic E-state index is 11.2. The van der Waals surface area contributed by atoms with E-state index in [0.29, 0.717) is 17.9 Å². The molecule has 1 saturated carbocycles. The summed E-state index contributed by atoms with van der Waals surface area (Å²) in [5, 5.41) is 19.6. The standard InChI is InChI=1S/C13H16ClNO3/c1-2-12(16)15(13(17)18)11-7-9(11)8-5-3-4-6-10(8)14/h3-6,9,11-12,16H,2,7H2,1H3,(H,17,18)/t9-,11-,12?/m1/s1. The van der Waals surface area contributed by atoms with Gasteiger partial charge in [0.25, 0.3) is 0 Å². The SMILES string of the molecule is CCC(O)N(C(=O)O)[C@@H]1C[C@@H]1c1ccccc1Cl. The lowest BCUT2D eigenvalue weighted by Crippen LogP contribution is -2.41. The molecule has 3 atom stereocenters. The van der Waals surface area contributed by atoms with E-state index in [1.54, 1.807) is 13.0 Å². The highest BCUT2D eigenvalue weighted by molar-refractivity contribution is 6.31. The molecule has 1 aromatic carbocycles. The summed E-state index contributed by atoms with van der Waals surface area (Å²) in [5.41, 5.74) is 0.957. The molecule has 0 radical (unpaired) electrons. The molecule has 1 aliphatic rings. The number of nitrogens with zero attached hydrogens (tertiary/aromatic N) is 1. The van der Waals surface area contributed by atoms with E-state index in [9.17, 15) is 9.90 Å². The summed E-state index contributed by atoms with van der Waals surface area (Å²) in [5.74, 6) is 0.0935. The van der Waals surface area contributed by atoms with Crippen LogP contribution in [-0.2, 0) is 0 Å². The lowest BCUT2D eigenvalue weighted by Gasteiger charge is -2.24. The van der Waals surface area contributed by atoms with E-state index in [1.165, 1.54) is 0 Å². The van der Waals surface area contributed by atoms with Crippen molar-refractivity contribution in [1.82, 2.24) is 4.90 Å². The Morgan fingerprint density at radius 3 is 2.78 bits per heavy atom. The van der Waals surface area contributed by atoms with Crippen molar-refractivity contribution in [1.29, 1.82) is 0 Å². The largest absolute Gasteiger partial charge is 0.465 e. The average Bonchev–Trinajstić information content (AvgIpc) is 3.09. The quantitative estimate of drug-likeness (QED) is 0.826. The molecule has 0 bridgehead atoms. The van der Waals surface area contributed by atoms with Crippen LogP contribution < -0.4 is 0 Å². The fourth-order valence-corrected chi connectivity index (χ4v) is 2.56. The number of hydrogen-bond donors (Lipinski definition) is 2. The first kappa shape index (κ1) is 13.2. The third-order valence-corrected chi connectivity index (χ3v) is 3.67. The molecule has 2 N–H and O–H groups in total. The van der Waals surface area contributed by atoms with Crippen LogP contribution in [0.2, 0.25) is 5.02 Å². The Morgan fingerprint density at radius 1 is 1.56 bits per heavy atom. The van der Waals surface area contributed by atoms with Gasteiger partial charge in [0.05, 0.1) is 0 Å². The maximum absolute atomic E-state index is 11.2. The molecule has 18 heavy (non-hydrogen) atoms. The van der Waals surface area contributed by atoms with E-state index >= 15 is 0 Å². The number of aliphatic hydroxyl groups excluding tert-OH is 1. The minimum absolute atomic E-state index is 0.0935. The lowest BCUT2D eigenvalue weighted by atomic mass is 10.1. The number of aliphatic hydroxyl groups is 1. The molecule has 98 valence electrons. The van der Waals surface area contributed by atoms with Crippen molar-refractivity contribution in [3.8, 4) is 0 Å². The van der Waals surface area contributed by atoms with Gasteiger partial charge < -0.3 is 10.2 Å². The van der Waals surface area contributed by atoms with Crippen molar-refractivity contribution in [2.24, 2.45) is 0 Å². The van der Waals surface area contributed by atoms with Gasteiger partial charge in [-0.05, 0) is 24.5 Å². The number of carboxylic acid groups (broad SMARTS) is 1. The van der Waals surface area contributed by atoms with Crippen LogP contribution in [0.4, 0.5) is 4.79 Å². The van der Waals surface area contributed by atoms with E-state index < -0.39 is 12.3 Å². The van der Waals surface area contributed by atoms with Gasteiger partial charge in [-0.1, -0.05) is 36.7 Å². The topological polar surface area (TPSA) is 60.8 Å². The first-order valence-corrected chi connectivity index (χ1v) is 6.37. The van der Waals surface area contributed by atoms with Crippen molar-refractivity contribution >= 4 is 17.7 Å². The molecule has 0 saturated heterocycles. The predicted molar refractivity (Wildman–Crippen MR) is 68.8 cm³/mol. The molecule has 4 nitrogen and oxygen atoms in total. The summed E-state index contributed by atoms with van der Waals surface area (Å²) in [6, 6.07) is 7.27. The van der Waals surface area contributed by atoms with Crippen LogP contribution in [0.5, 0.6) is 0 Å². The minimum Gasteiger partial charge on any atom is -0.465 e. The second kappa shape index (κ2) is 5.16. The molecular formula is C13H16ClNO3. The summed E-state index contributed by atoms with van der Waals surface area (Å²) < 4.78 is 0. The number of amides is 1. The van der Waals surface area contributed by atoms with Crippen molar-refractivity contribution in [2.45, 2.75) is 38.0 Å². The maximum Gasteiger partial charge on any atom is 0.409 e. The van der Waals surface area contributed by atoms with Crippen LogP contribution in [0.25, 0.3) is 0 Å². The summed E-state index contributed by atoms with van der Waals surface area (Å²) >= 11 is 6.09. The van der Waals surface area contributed by atoms with E-state index in [4.69, 9.17) is 16.7 Å². The van der Waals surface area contributed by atoms with Crippen molar-refractivity contribution in [3.63, 3.8) is 0 Å². The van der Waals surface area contributed by atoms with Gasteiger partial charge in [0.15, 0.2) is 0 Å². The highest BCUT2D eigenvalue weighted by atomic mass is 35.5. The van der Waals surface area contributed by atoms with Gasteiger partial charge >= 0.3 is 6.09 Å². The van der Waals surface area contributed by atoms with Crippen LogP contribution in [0.15, 0.2) is 24.3 Å². The summed E-state index contributed by atoms with van der Waals surface area (Å²) in [4.78, 5) is 12.3. The molecule has 1 unspecified atom stereocenters. The Labute approximate surface area is 111 Å². The minimum atomic E-state index is -1.08. The van der Waals surface area contributed by atoms with Gasteiger partial charge in [0, 0.05) is 17.0 Å². The summed E-state index contributed by atoms with van der Waals surface area (Å²) in [6.45, 7) is 1.76. The molecule has 1 aliphatic carbocycles. The number of benzene rings is 1. The summed E-state index contributed by atoms with van der Waals surface area (Å²) in [7, 11) is 0. The van der Waals surface area contributed by atoms with E-state index in [1.807, 2.05) is 18.2 Å². The van der Waals surface area contributed by atoms with Gasteiger partial charge in [-0.2, -0.15) is 0 Å². The van der Waals surface area contributed by atoms with E-state index in [2.05, 4.69) is 0 Å². The normalized spacial score (nSPS) is 23.5. The zero-order chi connectivity index (χ0) is 13.3. The van der Waals surface area contributed by atoms with Gasteiger partial charge in [0.1, 0.15) is 6.23 Å². The Balaban J connectivity index is 2.14. The molecule has 0 aromatic heterocycles. The van der Waals surface area contributed by atoms with Gasteiger partial charge in [-0.15, -0.1) is 0 Å². The zero-order valence-electron chi connectivity index (χ0n) is 10.1. The number of hydrogen-bond acceptors (Lipinski definition) is 2. The smallest absolute Gasteiger partial charge is 0.409 e. The second-order valence-corrected chi connectivity index (χ2v) is 4.92. The van der Waals surface area contributed by atoms with Crippen LogP contribution >= 0.6 is 11.6 Å². The van der Waals surface area contributed by atoms with Crippen LogP contribution in [0, 0.1) is 0 Å². The van der Waals surface area contributed by atoms with Gasteiger partial charge in [-0.25, -0.2) is 4.79 Å². The number of carbonyl (C=O) groups is 1. The Morgan fingerprint density at radius 2 is 2.22 bits per heavy atom. The molecule has 5 heteroatoms. The molecule has 0 spiro atoms. The van der Waals surface area contributed by atoms with Crippen LogP contribution in [0.1, 0.15) is 31.2 Å². The average molecular weight is 270 g/mol. The Kier molecular flexibility index (Phi) is 3.78. The van der Waals surface area contributed by atoms with Crippen LogP contribution in [-0.4, -0.2) is 33.5 Å². The van der Waals surface area contributed by atoms with E-state index in [-0.39, 0.29) is 12.0 Å². The van der Waals surface area contributed by atoms with Gasteiger partial charge in [-0.3, -0.25) is 4.90 Å². The molecule has 1 amide bonds. The molecule has 0 aliphatic heterocycles. The van der Waals surface area contributed by atoms with Crippen molar-refractivity contribution in [2.75, 3.05) is 0 Å². The first-order valence-electron chi connectivity index (χ1n) is 6.00. The van der Waals surface area contributed by atoms with E-state index in [0.717, 1.165) is 10.5 Å². The lowest BCUT2D eigenvalue weighted by molar-refractivity contribution is 0.00426. The Bertz CT molecular complexity index is 452. The Hall–Kier alpha value is -1.26.